The van der Waals surface area contributed by atoms with Crippen molar-refractivity contribution in [3.8, 4) is 0 Å². The van der Waals surface area contributed by atoms with Gasteiger partial charge in [0.25, 0.3) is 5.91 Å². The topological polar surface area (TPSA) is 174 Å². The maximum atomic E-state index is 12.5. The molecule has 2 aliphatic rings. The summed E-state index contributed by atoms with van der Waals surface area (Å²) in [7, 11) is 0. The average molecular weight is 439 g/mol. The summed E-state index contributed by atoms with van der Waals surface area (Å²) < 4.78 is 5.95. The monoisotopic (exact) mass is 439 g/mol. The van der Waals surface area contributed by atoms with Crippen molar-refractivity contribution in [2.75, 3.05) is 12.4 Å². The molecule has 0 bridgehead atoms. The van der Waals surface area contributed by atoms with E-state index < -0.39 is 40.1 Å². The smallest absolute Gasteiger partial charge is 0.352 e. The molecule has 1 saturated heterocycles. The largest absolute Gasteiger partial charge is 0.477 e. The van der Waals surface area contributed by atoms with Gasteiger partial charge >= 0.3 is 17.6 Å². The summed E-state index contributed by atoms with van der Waals surface area (Å²) in [6, 6.07) is -0.946. The van der Waals surface area contributed by atoms with Crippen LogP contribution in [0.3, 0.4) is 0 Å². The van der Waals surface area contributed by atoms with E-state index in [4.69, 9.17) is 4.74 Å². The van der Waals surface area contributed by atoms with Gasteiger partial charge in [0, 0.05) is 18.2 Å². The van der Waals surface area contributed by atoms with Crippen molar-refractivity contribution in [2.24, 2.45) is 0 Å². The minimum absolute atomic E-state index is 0.151. The number of hydrogen-bond acceptors (Lipinski definition) is 9. The number of hydrogen-bond donors (Lipinski definition) is 2. The van der Waals surface area contributed by atoms with Gasteiger partial charge in [0.15, 0.2) is 0 Å². The van der Waals surface area contributed by atoms with Crippen molar-refractivity contribution in [2.45, 2.75) is 31.8 Å². The molecule has 13 nitrogen and oxygen atoms in total. The van der Waals surface area contributed by atoms with Crippen LogP contribution in [0.2, 0.25) is 0 Å². The van der Waals surface area contributed by atoms with Gasteiger partial charge in [0.1, 0.15) is 42.2 Å². The zero-order chi connectivity index (χ0) is 22.2. The molecule has 0 aliphatic carbocycles. The number of β-lactam (4-membered cyclic amide) rings is 1. The molecule has 1 aromatic heterocycles. The lowest BCUT2D eigenvalue weighted by atomic mass is 10.0. The maximum absolute atomic E-state index is 12.5. The molecule has 14 heteroatoms. The molecule has 2 aliphatic heterocycles. The van der Waals surface area contributed by atoms with Crippen LogP contribution in [-0.4, -0.2) is 72.2 Å². The molecule has 1 fully saturated rings. The van der Waals surface area contributed by atoms with E-state index in [0.717, 1.165) is 15.8 Å². The van der Waals surface area contributed by atoms with E-state index in [0.29, 0.717) is 0 Å². The maximum Gasteiger partial charge on any atom is 0.352 e. The van der Waals surface area contributed by atoms with Gasteiger partial charge in [0.2, 0.25) is 5.91 Å². The number of carboxylic acids is 1. The van der Waals surface area contributed by atoms with Crippen LogP contribution in [0.5, 0.6) is 0 Å². The number of aliphatic carboxylic acids is 1. The lowest BCUT2D eigenvalue weighted by molar-refractivity contribution is -0.385. The predicted molar refractivity (Wildman–Crippen MR) is 99.9 cm³/mol. The molecule has 2 atom stereocenters. The van der Waals surface area contributed by atoms with Gasteiger partial charge in [-0.1, -0.05) is 0 Å². The summed E-state index contributed by atoms with van der Waals surface area (Å²) in [6.07, 6.45) is 1.12. The van der Waals surface area contributed by atoms with Crippen LogP contribution in [0.4, 0.5) is 5.69 Å². The average Bonchev–Trinajstić information content (AvgIpc) is 3.03. The van der Waals surface area contributed by atoms with Gasteiger partial charge in [-0.05, 0) is 6.92 Å². The molecule has 0 saturated carbocycles. The number of amides is 2. The van der Waals surface area contributed by atoms with Crippen molar-refractivity contribution in [3.63, 3.8) is 0 Å². The Balaban J connectivity index is 1.68. The molecule has 1 aromatic rings. The van der Waals surface area contributed by atoms with Gasteiger partial charge in [-0.2, -0.15) is 5.10 Å². The molecule has 3 heterocycles. The molecule has 0 spiro atoms. The quantitative estimate of drug-likeness (QED) is 0.242. The highest BCUT2D eigenvalue weighted by molar-refractivity contribution is 8.00. The van der Waals surface area contributed by atoms with Crippen molar-refractivity contribution < 1.29 is 33.9 Å². The van der Waals surface area contributed by atoms with E-state index in [1.165, 1.54) is 25.6 Å². The first-order valence-corrected chi connectivity index (χ1v) is 9.66. The van der Waals surface area contributed by atoms with Crippen LogP contribution in [0.15, 0.2) is 17.5 Å². The second kappa shape index (κ2) is 8.14. The number of thioether (sulfide) groups is 1. The highest BCUT2D eigenvalue weighted by Gasteiger charge is 2.54. The number of esters is 1. The van der Waals surface area contributed by atoms with Crippen LogP contribution in [0, 0.1) is 17.0 Å². The van der Waals surface area contributed by atoms with Gasteiger partial charge in [-0.25, -0.2) is 4.79 Å². The zero-order valence-electron chi connectivity index (χ0n) is 15.9. The Morgan fingerprint density at radius 3 is 2.73 bits per heavy atom. The number of nitrogens with one attached hydrogen (secondary N) is 1. The SMILES string of the molecule is CC(=O)OCC1=C(C(=O)O)N2C(=O)[C@@H](NC(=O)Cn3cc([N+](=O)[O-])c(C)n3)[C@H]2SC1. The molecule has 0 aromatic carbocycles. The number of nitrogens with zero attached hydrogens (tertiary/aromatic N) is 4. The van der Waals surface area contributed by atoms with E-state index in [-0.39, 0.29) is 41.6 Å². The van der Waals surface area contributed by atoms with E-state index in [1.807, 2.05) is 0 Å². The fourth-order valence-electron chi connectivity index (χ4n) is 3.12. The lowest BCUT2D eigenvalue weighted by Crippen LogP contribution is -2.70. The van der Waals surface area contributed by atoms with Gasteiger partial charge in [0.05, 0.1) is 4.92 Å². The second-order valence-corrected chi connectivity index (χ2v) is 7.65. The zero-order valence-corrected chi connectivity index (χ0v) is 16.7. The normalized spacial score (nSPS) is 20.3. The first-order chi connectivity index (χ1) is 14.1. The van der Waals surface area contributed by atoms with E-state index in [2.05, 4.69) is 10.4 Å². The van der Waals surface area contributed by atoms with Gasteiger partial charge in [-0.15, -0.1) is 11.8 Å². The number of rotatable bonds is 7. The van der Waals surface area contributed by atoms with Gasteiger partial charge in [-0.3, -0.25) is 34.1 Å². The Hall–Kier alpha value is -3.42. The number of carbonyl (C=O) groups is 4. The summed E-state index contributed by atoms with van der Waals surface area (Å²) in [5, 5.41) is 26.1. The van der Waals surface area contributed by atoms with Crippen molar-refractivity contribution in [3.05, 3.63) is 33.3 Å². The highest BCUT2D eigenvalue weighted by Crippen LogP contribution is 2.40. The Morgan fingerprint density at radius 1 is 1.47 bits per heavy atom. The van der Waals surface area contributed by atoms with Crippen LogP contribution in [0.1, 0.15) is 12.6 Å². The third-order valence-corrected chi connectivity index (χ3v) is 5.78. The Morgan fingerprint density at radius 2 is 2.17 bits per heavy atom. The van der Waals surface area contributed by atoms with Crippen LogP contribution >= 0.6 is 11.8 Å². The molecule has 0 unspecified atom stereocenters. The molecule has 160 valence electrons. The first-order valence-electron chi connectivity index (χ1n) is 8.61. The standard InChI is InChI=1S/C16H17N5O8S/c1-7-10(21(27)28)3-19(18-7)4-11(23)17-12-14(24)20-13(16(25)26)9(5-29-8(2)22)6-30-15(12)20/h3,12,15H,4-6H2,1-2H3,(H,17,23)(H,25,26)/t12-,15-/m1/s1. The molecular formula is C16H17N5O8S. The first kappa shape index (κ1) is 21.3. The fourth-order valence-corrected chi connectivity index (χ4v) is 4.44. The molecular weight excluding hydrogens is 422 g/mol. The molecule has 2 amide bonds. The number of fused-ring (bicyclic) bond motifs is 1. The minimum atomic E-state index is -1.33. The third-order valence-electron chi connectivity index (χ3n) is 4.44. The number of ether oxygens (including phenoxy) is 1. The van der Waals surface area contributed by atoms with Crippen molar-refractivity contribution in [1.82, 2.24) is 20.0 Å². The van der Waals surface area contributed by atoms with Crippen molar-refractivity contribution in [1.29, 1.82) is 0 Å². The summed E-state index contributed by atoms with van der Waals surface area (Å²) in [5.41, 5.74) is -0.0450. The number of aromatic nitrogens is 2. The minimum Gasteiger partial charge on any atom is -0.477 e. The second-order valence-electron chi connectivity index (χ2n) is 6.55. The van der Waals surface area contributed by atoms with Crippen LogP contribution in [0.25, 0.3) is 0 Å². The predicted octanol–water partition coefficient (Wildman–Crippen LogP) is -0.599. The van der Waals surface area contributed by atoms with Gasteiger partial charge < -0.3 is 15.2 Å². The van der Waals surface area contributed by atoms with Crippen molar-refractivity contribution >= 4 is 41.2 Å². The number of aryl methyl sites for hydroxylation is 1. The summed E-state index contributed by atoms with van der Waals surface area (Å²) >= 11 is 1.23. The summed E-state index contributed by atoms with van der Waals surface area (Å²) in [4.78, 5) is 58.7. The Labute approximate surface area is 173 Å². The van der Waals surface area contributed by atoms with E-state index in [1.54, 1.807) is 0 Å². The molecule has 2 N–H and O–H groups in total. The van der Waals surface area contributed by atoms with E-state index in [9.17, 15) is 34.4 Å². The Kier molecular flexibility index (Phi) is 5.78. The number of carbonyl (C=O) groups excluding carboxylic acids is 3. The molecule has 3 rings (SSSR count). The summed E-state index contributed by atoms with van der Waals surface area (Å²) in [6.45, 7) is 2.05. The number of carboxylic acid groups (broad SMARTS) is 1. The van der Waals surface area contributed by atoms with Crippen LogP contribution in [-0.2, 0) is 30.5 Å². The number of nitro groups is 1. The Bertz CT molecular complexity index is 986. The fraction of sp³-hybridized carbons (Fsp3) is 0.438. The highest BCUT2D eigenvalue weighted by atomic mass is 32.2. The third kappa shape index (κ3) is 3.98. The summed E-state index contributed by atoms with van der Waals surface area (Å²) in [5.74, 6) is -2.91. The lowest BCUT2D eigenvalue weighted by Gasteiger charge is -2.49. The molecule has 30 heavy (non-hydrogen) atoms. The van der Waals surface area contributed by atoms with Crippen LogP contribution < -0.4 is 5.32 Å². The van der Waals surface area contributed by atoms with E-state index >= 15 is 0 Å². The molecule has 0 radical (unpaired) electrons.